The van der Waals surface area contributed by atoms with Crippen LogP contribution >= 0.6 is 0 Å². The van der Waals surface area contributed by atoms with Gasteiger partial charge in [-0.25, -0.2) is 0 Å². The van der Waals surface area contributed by atoms with Crippen molar-refractivity contribution in [1.82, 2.24) is 20.3 Å². The van der Waals surface area contributed by atoms with Crippen LogP contribution in [0.15, 0.2) is 4.52 Å². The van der Waals surface area contributed by atoms with Crippen molar-refractivity contribution < 1.29 is 9.32 Å². The third-order valence-corrected chi connectivity index (χ3v) is 2.63. The summed E-state index contributed by atoms with van der Waals surface area (Å²) in [5.74, 6) is 1.59. The van der Waals surface area contributed by atoms with Crippen LogP contribution in [0.3, 0.4) is 0 Å². The second kappa shape index (κ2) is 4.99. The second-order valence-electron chi connectivity index (χ2n) is 4.10. The van der Waals surface area contributed by atoms with Gasteiger partial charge in [0.25, 0.3) is 0 Å². The van der Waals surface area contributed by atoms with Crippen LogP contribution in [0.4, 0.5) is 5.95 Å². The highest BCUT2D eigenvalue weighted by atomic mass is 16.5. The standard InChI is InChI=1S/C11H15N5O2/c1-6-9(7(2)18-16-6)4-5-10(17)13-11-12-8(3)14-15-11/h4-5H2,1-3H3,(H2,12,13,14,15,17). The molecular formula is C11H15N5O2. The lowest BCUT2D eigenvalue weighted by atomic mass is 10.1. The largest absolute Gasteiger partial charge is 0.361 e. The van der Waals surface area contributed by atoms with E-state index in [1.165, 1.54) is 0 Å². The molecule has 0 atom stereocenters. The molecule has 0 fully saturated rings. The van der Waals surface area contributed by atoms with Gasteiger partial charge in [-0.05, 0) is 27.2 Å². The van der Waals surface area contributed by atoms with Gasteiger partial charge >= 0.3 is 0 Å². The van der Waals surface area contributed by atoms with Crippen LogP contribution in [-0.4, -0.2) is 26.2 Å². The van der Waals surface area contributed by atoms with Crippen LogP contribution in [0.25, 0.3) is 0 Å². The van der Waals surface area contributed by atoms with E-state index in [0.29, 0.717) is 24.6 Å². The molecule has 0 aliphatic rings. The number of amides is 1. The molecule has 0 aromatic carbocycles. The summed E-state index contributed by atoms with van der Waals surface area (Å²) in [5.41, 5.74) is 1.81. The van der Waals surface area contributed by atoms with E-state index in [2.05, 4.69) is 25.7 Å². The molecule has 0 aliphatic carbocycles. The molecule has 0 radical (unpaired) electrons. The number of carbonyl (C=O) groups is 1. The average molecular weight is 249 g/mol. The van der Waals surface area contributed by atoms with Gasteiger partial charge in [0.15, 0.2) is 0 Å². The number of hydrogen-bond donors (Lipinski definition) is 2. The number of aryl methyl sites for hydroxylation is 3. The fourth-order valence-electron chi connectivity index (χ4n) is 1.68. The lowest BCUT2D eigenvalue weighted by Gasteiger charge is -2.00. The maximum absolute atomic E-state index is 11.7. The molecule has 0 bridgehead atoms. The Morgan fingerprint density at radius 1 is 1.39 bits per heavy atom. The molecule has 2 heterocycles. The van der Waals surface area contributed by atoms with Crippen molar-refractivity contribution in [3.8, 4) is 0 Å². The molecule has 2 aromatic heterocycles. The fourth-order valence-corrected chi connectivity index (χ4v) is 1.68. The van der Waals surface area contributed by atoms with Crippen molar-refractivity contribution in [1.29, 1.82) is 0 Å². The summed E-state index contributed by atoms with van der Waals surface area (Å²) >= 11 is 0. The first-order valence-electron chi connectivity index (χ1n) is 5.67. The lowest BCUT2D eigenvalue weighted by molar-refractivity contribution is -0.116. The van der Waals surface area contributed by atoms with E-state index in [9.17, 15) is 4.79 Å². The minimum atomic E-state index is -0.131. The monoisotopic (exact) mass is 249 g/mol. The van der Waals surface area contributed by atoms with Crippen molar-refractivity contribution in [3.05, 3.63) is 22.8 Å². The van der Waals surface area contributed by atoms with Crippen LogP contribution in [0.1, 0.15) is 29.3 Å². The van der Waals surface area contributed by atoms with E-state index in [1.54, 1.807) is 6.92 Å². The highest BCUT2D eigenvalue weighted by molar-refractivity contribution is 5.89. The molecule has 2 rings (SSSR count). The Morgan fingerprint density at radius 3 is 2.72 bits per heavy atom. The number of H-pyrrole nitrogens is 1. The minimum Gasteiger partial charge on any atom is -0.361 e. The van der Waals surface area contributed by atoms with Gasteiger partial charge in [0.2, 0.25) is 11.9 Å². The van der Waals surface area contributed by atoms with Gasteiger partial charge in [-0.15, -0.1) is 5.10 Å². The van der Waals surface area contributed by atoms with Crippen molar-refractivity contribution >= 4 is 11.9 Å². The molecule has 2 aromatic rings. The van der Waals surface area contributed by atoms with Gasteiger partial charge < -0.3 is 4.52 Å². The number of aromatic nitrogens is 4. The lowest BCUT2D eigenvalue weighted by Crippen LogP contribution is -2.13. The van der Waals surface area contributed by atoms with E-state index in [1.807, 2.05) is 13.8 Å². The number of rotatable bonds is 4. The van der Waals surface area contributed by atoms with E-state index in [-0.39, 0.29) is 5.91 Å². The third-order valence-electron chi connectivity index (χ3n) is 2.63. The summed E-state index contributed by atoms with van der Waals surface area (Å²) in [5, 5.41) is 13.0. The first kappa shape index (κ1) is 12.3. The maximum Gasteiger partial charge on any atom is 0.248 e. The highest BCUT2D eigenvalue weighted by Gasteiger charge is 2.12. The molecule has 7 heteroatoms. The number of hydrogen-bond acceptors (Lipinski definition) is 5. The van der Waals surface area contributed by atoms with E-state index in [0.717, 1.165) is 17.0 Å². The highest BCUT2D eigenvalue weighted by Crippen LogP contribution is 2.14. The number of aromatic amines is 1. The van der Waals surface area contributed by atoms with Crippen molar-refractivity contribution in [2.75, 3.05) is 5.32 Å². The van der Waals surface area contributed by atoms with Crippen molar-refractivity contribution in [3.63, 3.8) is 0 Å². The van der Waals surface area contributed by atoms with Crippen LogP contribution < -0.4 is 5.32 Å². The van der Waals surface area contributed by atoms with Crippen molar-refractivity contribution in [2.45, 2.75) is 33.6 Å². The van der Waals surface area contributed by atoms with Gasteiger partial charge in [0.1, 0.15) is 11.6 Å². The Bertz CT molecular complexity index is 538. The van der Waals surface area contributed by atoms with E-state index in [4.69, 9.17) is 4.52 Å². The molecule has 96 valence electrons. The molecule has 18 heavy (non-hydrogen) atoms. The maximum atomic E-state index is 11.7. The quantitative estimate of drug-likeness (QED) is 0.851. The van der Waals surface area contributed by atoms with Gasteiger partial charge in [-0.1, -0.05) is 5.16 Å². The van der Waals surface area contributed by atoms with E-state index >= 15 is 0 Å². The summed E-state index contributed by atoms with van der Waals surface area (Å²) in [6.07, 6.45) is 0.937. The smallest absolute Gasteiger partial charge is 0.248 e. The predicted molar refractivity (Wildman–Crippen MR) is 64.0 cm³/mol. The normalized spacial score (nSPS) is 10.6. The van der Waals surface area contributed by atoms with Crippen LogP contribution in [0.2, 0.25) is 0 Å². The Balaban J connectivity index is 1.89. The molecule has 0 saturated heterocycles. The first-order valence-corrected chi connectivity index (χ1v) is 5.67. The van der Waals surface area contributed by atoms with Crippen LogP contribution in [0.5, 0.6) is 0 Å². The minimum absolute atomic E-state index is 0.131. The molecule has 2 N–H and O–H groups in total. The van der Waals surface area contributed by atoms with Gasteiger partial charge in [-0.2, -0.15) is 4.98 Å². The molecule has 7 nitrogen and oxygen atoms in total. The van der Waals surface area contributed by atoms with Crippen molar-refractivity contribution in [2.24, 2.45) is 0 Å². The third kappa shape index (κ3) is 2.73. The zero-order valence-electron chi connectivity index (χ0n) is 10.6. The molecule has 0 saturated carbocycles. The van der Waals surface area contributed by atoms with Crippen LogP contribution in [0, 0.1) is 20.8 Å². The summed E-state index contributed by atoms with van der Waals surface area (Å²) < 4.78 is 5.04. The Hall–Kier alpha value is -2.18. The second-order valence-corrected chi connectivity index (χ2v) is 4.10. The number of nitrogens with zero attached hydrogens (tertiary/aromatic N) is 3. The topological polar surface area (TPSA) is 96.7 Å². The van der Waals surface area contributed by atoms with Gasteiger partial charge in [0.05, 0.1) is 5.69 Å². The molecule has 0 aliphatic heterocycles. The van der Waals surface area contributed by atoms with Gasteiger partial charge in [-0.3, -0.25) is 15.2 Å². The van der Waals surface area contributed by atoms with E-state index < -0.39 is 0 Å². The average Bonchev–Trinajstić information content (AvgIpc) is 2.84. The summed E-state index contributed by atoms with van der Waals surface area (Å²) in [6, 6.07) is 0. The fraction of sp³-hybridized carbons (Fsp3) is 0.455. The SMILES string of the molecule is Cc1nc(NC(=O)CCc2c(C)noc2C)n[nH]1. The van der Waals surface area contributed by atoms with Crippen LogP contribution in [-0.2, 0) is 11.2 Å². The number of anilines is 1. The Kier molecular flexibility index (Phi) is 3.40. The predicted octanol–water partition coefficient (Wildman–Crippen LogP) is 1.29. The zero-order chi connectivity index (χ0) is 13.1. The summed E-state index contributed by atoms with van der Waals surface area (Å²) in [6.45, 7) is 5.47. The zero-order valence-corrected chi connectivity index (χ0v) is 10.6. The Labute approximate surface area is 104 Å². The Morgan fingerprint density at radius 2 is 2.17 bits per heavy atom. The summed E-state index contributed by atoms with van der Waals surface area (Å²) in [7, 11) is 0. The number of carbonyl (C=O) groups excluding carboxylic acids is 1. The molecule has 0 unspecified atom stereocenters. The summed E-state index contributed by atoms with van der Waals surface area (Å²) in [4.78, 5) is 15.7. The molecule has 1 amide bonds. The molecular weight excluding hydrogens is 234 g/mol. The molecule has 0 spiro atoms. The first-order chi connectivity index (χ1) is 8.56. The van der Waals surface area contributed by atoms with Gasteiger partial charge in [0, 0.05) is 12.0 Å². The number of nitrogens with one attached hydrogen (secondary N) is 2.